The molecular weight excluding hydrogens is 436 g/mol. The summed E-state index contributed by atoms with van der Waals surface area (Å²) in [5.41, 5.74) is 3.90. The van der Waals surface area contributed by atoms with E-state index in [0.717, 1.165) is 22.3 Å². The quantitative estimate of drug-likeness (QED) is 0.288. The largest absolute Gasteiger partial charge is 0.465 e. The Morgan fingerprint density at radius 1 is 1.00 bits per heavy atom. The Hall–Kier alpha value is -3.91. The van der Waals surface area contributed by atoms with E-state index in [0.29, 0.717) is 27.6 Å². The molecule has 0 fully saturated rings. The number of methoxy groups -OCH3 is 1. The highest BCUT2D eigenvalue weighted by Gasteiger charge is 2.18. The predicted molar refractivity (Wildman–Crippen MR) is 128 cm³/mol. The van der Waals surface area contributed by atoms with Gasteiger partial charge >= 0.3 is 5.97 Å². The van der Waals surface area contributed by atoms with Crippen molar-refractivity contribution in [3.8, 4) is 5.69 Å². The Morgan fingerprint density at radius 3 is 2.58 bits per heavy atom. The maximum absolute atomic E-state index is 13.4. The molecule has 0 aliphatic rings. The van der Waals surface area contributed by atoms with Gasteiger partial charge in [-0.15, -0.1) is 10.2 Å². The first-order valence-corrected chi connectivity index (χ1v) is 11.3. The van der Waals surface area contributed by atoms with Crippen LogP contribution in [-0.4, -0.2) is 32.2 Å². The van der Waals surface area contributed by atoms with Crippen LogP contribution in [0.3, 0.4) is 0 Å². The summed E-state index contributed by atoms with van der Waals surface area (Å²) in [4.78, 5) is 25.2. The maximum atomic E-state index is 13.4. The average Bonchev–Trinajstić information content (AvgIpc) is 3.27. The van der Waals surface area contributed by atoms with Gasteiger partial charge in [0.1, 0.15) is 0 Å². The molecule has 5 aromatic rings. The summed E-state index contributed by atoms with van der Waals surface area (Å²) in [6, 6.07) is 22.5. The molecule has 164 valence electrons. The summed E-state index contributed by atoms with van der Waals surface area (Å²) in [7, 11) is 1.37. The van der Waals surface area contributed by atoms with Gasteiger partial charge in [-0.05, 0) is 48.9 Å². The highest BCUT2D eigenvalue weighted by atomic mass is 32.2. The van der Waals surface area contributed by atoms with Gasteiger partial charge < -0.3 is 4.74 Å². The molecule has 0 amide bonds. The summed E-state index contributed by atoms with van der Waals surface area (Å²) in [6.45, 7) is 2.00. The van der Waals surface area contributed by atoms with Crippen LogP contribution in [0.5, 0.6) is 0 Å². The van der Waals surface area contributed by atoms with E-state index < -0.39 is 0 Å². The van der Waals surface area contributed by atoms with Crippen molar-refractivity contribution in [3.63, 3.8) is 0 Å². The normalized spacial score (nSPS) is 11.2. The van der Waals surface area contributed by atoms with Gasteiger partial charge in [-0.25, -0.2) is 9.36 Å². The number of carbonyl (C=O) groups excluding carboxylic acids is 1. The molecule has 0 N–H and O–H groups in total. The molecule has 0 saturated carbocycles. The molecule has 0 aliphatic heterocycles. The van der Waals surface area contributed by atoms with Gasteiger partial charge in [0.05, 0.1) is 29.3 Å². The monoisotopic (exact) mass is 456 g/mol. The Bertz CT molecular complexity index is 1550. The number of thioether (sulfide) groups is 1. The van der Waals surface area contributed by atoms with Gasteiger partial charge in [0.15, 0.2) is 5.16 Å². The Labute approximate surface area is 193 Å². The summed E-state index contributed by atoms with van der Waals surface area (Å²) in [6.07, 6.45) is 0. The van der Waals surface area contributed by atoms with Crippen LogP contribution in [0, 0.1) is 6.92 Å². The molecule has 8 heteroatoms. The molecular formula is C25H20N4O3S. The van der Waals surface area contributed by atoms with Crippen molar-refractivity contribution < 1.29 is 9.53 Å². The lowest BCUT2D eigenvalue weighted by atomic mass is 10.1. The van der Waals surface area contributed by atoms with Gasteiger partial charge in [-0.3, -0.25) is 9.20 Å². The van der Waals surface area contributed by atoms with Gasteiger partial charge in [0.25, 0.3) is 5.56 Å². The zero-order chi connectivity index (χ0) is 22.9. The molecule has 0 saturated heterocycles. The van der Waals surface area contributed by atoms with Crippen LogP contribution in [0.4, 0.5) is 0 Å². The van der Waals surface area contributed by atoms with Crippen LogP contribution >= 0.6 is 11.8 Å². The van der Waals surface area contributed by atoms with Crippen LogP contribution in [0.2, 0.25) is 0 Å². The number of para-hydroxylation sites is 1. The third-order valence-corrected chi connectivity index (χ3v) is 6.40. The lowest BCUT2D eigenvalue weighted by molar-refractivity contribution is 0.0600. The highest BCUT2D eigenvalue weighted by molar-refractivity contribution is 7.98. The number of carbonyl (C=O) groups is 1. The Morgan fingerprint density at radius 2 is 1.79 bits per heavy atom. The standard InChI is InChI=1S/C25H20N4O3S/c1-16-10-12-19(13-11-16)28-22(30)20-8-3-4-9-21(20)29-24(28)26-27-25(29)33-15-17-6-5-7-18(14-17)23(31)32-2/h3-14H,15H2,1-2H3. The van der Waals surface area contributed by atoms with Gasteiger partial charge in [0.2, 0.25) is 5.78 Å². The number of benzene rings is 3. The molecule has 0 unspecified atom stereocenters. The Balaban J connectivity index is 1.62. The molecule has 2 aromatic heterocycles. The molecule has 33 heavy (non-hydrogen) atoms. The first-order valence-electron chi connectivity index (χ1n) is 10.3. The molecule has 0 radical (unpaired) electrons. The molecule has 0 spiro atoms. The topological polar surface area (TPSA) is 78.5 Å². The molecule has 3 aromatic carbocycles. The molecule has 0 bridgehead atoms. The number of aromatic nitrogens is 4. The van der Waals surface area contributed by atoms with Gasteiger partial charge in [-0.2, -0.15) is 0 Å². The molecule has 2 heterocycles. The van der Waals surface area contributed by atoms with Crippen LogP contribution < -0.4 is 5.56 Å². The minimum absolute atomic E-state index is 0.142. The van der Waals surface area contributed by atoms with E-state index in [1.165, 1.54) is 18.9 Å². The van der Waals surface area contributed by atoms with Crippen molar-refractivity contribution in [1.82, 2.24) is 19.2 Å². The first kappa shape index (κ1) is 21.0. The predicted octanol–water partition coefficient (Wildman–Crippen LogP) is 4.42. The molecule has 0 atom stereocenters. The number of esters is 1. The van der Waals surface area contributed by atoms with Gasteiger partial charge in [-0.1, -0.05) is 53.7 Å². The van der Waals surface area contributed by atoms with E-state index in [4.69, 9.17) is 4.74 Å². The van der Waals surface area contributed by atoms with E-state index in [1.807, 2.05) is 78.1 Å². The fourth-order valence-electron chi connectivity index (χ4n) is 3.75. The van der Waals surface area contributed by atoms with Crippen LogP contribution in [0.1, 0.15) is 21.5 Å². The van der Waals surface area contributed by atoms with Crippen LogP contribution in [0.15, 0.2) is 82.7 Å². The van der Waals surface area contributed by atoms with Crippen molar-refractivity contribution in [1.29, 1.82) is 0 Å². The summed E-state index contributed by atoms with van der Waals surface area (Å²) < 4.78 is 8.32. The molecule has 7 nitrogen and oxygen atoms in total. The zero-order valence-electron chi connectivity index (χ0n) is 18.1. The summed E-state index contributed by atoms with van der Waals surface area (Å²) in [5, 5.41) is 10.0. The van der Waals surface area contributed by atoms with E-state index >= 15 is 0 Å². The lowest BCUT2D eigenvalue weighted by Gasteiger charge is -2.11. The average molecular weight is 457 g/mol. The maximum Gasteiger partial charge on any atom is 0.337 e. The first-order chi connectivity index (χ1) is 16.1. The lowest BCUT2D eigenvalue weighted by Crippen LogP contribution is -2.21. The van der Waals surface area contributed by atoms with Crippen molar-refractivity contribution in [2.45, 2.75) is 17.8 Å². The van der Waals surface area contributed by atoms with Crippen molar-refractivity contribution >= 4 is 34.4 Å². The van der Waals surface area contributed by atoms with E-state index in [2.05, 4.69) is 10.2 Å². The van der Waals surface area contributed by atoms with E-state index in [1.54, 1.807) is 10.6 Å². The fourth-order valence-corrected chi connectivity index (χ4v) is 4.64. The minimum Gasteiger partial charge on any atom is -0.465 e. The number of hydrogen-bond acceptors (Lipinski definition) is 6. The van der Waals surface area contributed by atoms with Crippen LogP contribution in [0.25, 0.3) is 22.4 Å². The number of rotatable bonds is 5. The number of fused-ring (bicyclic) bond motifs is 3. The second-order valence-corrected chi connectivity index (χ2v) is 8.53. The highest BCUT2D eigenvalue weighted by Crippen LogP contribution is 2.26. The molecule has 0 aliphatic carbocycles. The Kier molecular flexibility index (Phi) is 5.43. The zero-order valence-corrected chi connectivity index (χ0v) is 18.9. The minimum atomic E-state index is -0.372. The second kappa shape index (κ2) is 8.55. The third-order valence-electron chi connectivity index (χ3n) is 5.40. The number of ether oxygens (including phenoxy) is 1. The number of hydrogen-bond donors (Lipinski definition) is 0. The third kappa shape index (κ3) is 3.78. The van der Waals surface area contributed by atoms with Gasteiger partial charge in [0, 0.05) is 5.75 Å². The SMILES string of the molecule is COC(=O)c1cccc(CSc2nnc3n(-c4ccc(C)cc4)c(=O)c4ccccc4n23)c1. The van der Waals surface area contributed by atoms with Crippen LogP contribution in [-0.2, 0) is 10.5 Å². The summed E-state index contributed by atoms with van der Waals surface area (Å²) in [5.74, 6) is 0.653. The number of nitrogens with zero attached hydrogens (tertiary/aromatic N) is 4. The van der Waals surface area contributed by atoms with Crippen molar-refractivity contribution in [2.75, 3.05) is 7.11 Å². The smallest absolute Gasteiger partial charge is 0.337 e. The fraction of sp³-hybridized carbons (Fsp3) is 0.120. The van der Waals surface area contributed by atoms with Crippen molar-refractivity contribution in [3.05, 3.63) is 99.8 Å². The second-order valence-electron chi connectivity index (χ2n) is 7.59. The molecule has 5 rings (SSSR count). The number of aryl methyl sites for hydroxylation is 1. The van der Waals surface area contributed by atoms with E-state index in [-0.39, 0.29) is 11.5 Å². The van der Waals surface area contributed by atoms with Crippen molar-refractivity contribution in [2.24, 2.45) is 0 Å². The summed E-state index contributed by atoms with van der Waals surface area (Å²) >= 11 is 1.49. The van der Waals surface area contributed by atoms with E-state index in [9.17, 15) is 9.59 Å².